The summed E-state index contributed by atoms with van der Waals surface area (Å²) in [7, 11) is 0.356. The Balaban J connectivity index is 1.98. The minimum Gasteiger partial charge on any atom is -0.399 e. The zero-order valence-electron chi connectivity index (χ0n) is 8.74. The fraction of sp³-hybridized carbons (Fsp3) is 0.417. The highest BCUT2D eigenvalue weighted by Gasteiger charge is 2.27. The molecule has 0 saturated carbocycles. The molecule has 1 aromatic carbocycles. The van der Waals surface area contributed by atoms with Crippen molar-refractivity contribution >= 4 is 22.4 Å². The monoisotopic (exact) mass is 222 g/mol. The predicted octanol–water partition coefficient (Wildman–Crippen LogP) is 1.86. The van der Waals surface area contributed by atoms with Crippen LogP contribution < -0.4 is 5.73 Å². The topological polar surface area (TPSA) is 43.1 Å². The maximum atomic E-state index is 11.9. The van der Waals surface area contributed by atoms with E-state index in [4.69, 9.17) is 5.73 Å². The van der Waals surface area contributed by atoms with Crippen LogP contribution in [0.3, 0.4) is 0 Å². The van der Waals surface area contributed by atoms with E-state index in [1.807, 2.05) is 12.1 Å². The van der Waals surface area contributed by atoms with Crippen molar-refractivity contribution in [3.8, 4) is 0 Å². The molecule has 80 valence electrons. The van der Waals surface area contributed by atoms with Crippen LogP contribution in [0.4, 0.5) is 5.69 Å². The third-order valence-corrected chi connectivity index (χ3v) is 5.09. The van der Waals surface area contributed by atoms with E-state index in [-0.39, 0.29) is 5.78 Å². The quantitative estimate of drug-likeness (QED) is 0.482. The molecule has 15 heavy (non-hydrogen) atoms. The van der Waals surface area contributed by atoms with Gasteiger partial charge in [0.25, 0.3) is 0 Å². The molecule has 0 radical (unpaired) electrons. The summed E-state index contributed by atoms with van der Waals surface area (Å²) in [5.41, 5.74) is 7.11. The van der Waals surface area contributed by atoms with E-state index in [1.165, 1.54) is 24.3 Å². The van der Waals surface area contributed by atoms with Crippen molar-refractivity contribution in [2.45, 2.75) is 12.8 Å². The third kappa shape index (κ3) is 2.75. The first-order chi connectivity index (χ1) is 7.25. The summed E-state index contributed by atoms with van der Waals surface area (Å²) in [6.45, 7) is 0. The van der Waals surface area contributed by atoms with Crippen molar-refractivity contribution in [3.05, 3.63) is 29.8 Å². The van der Waals surface area contributed by atoms with Crippen LogP contribution in [0.15, 0.2) is 24.3 Å². The minimum atomic E-state index is 0.278. The number of carbonyl (C=O) groups excluding carboxylic acids is 1. The number of anilines is 1. The Labute approximate surface area is 93.2 Å². The number of hydrogen-bond donors (Lipinski definition) is 1. The highest BCUT2D eigenvalue weighted by atomic mass is 32.2. The summed E-state index contributed by atoms with van der Waals surface area (Å²) in [4.78, 5) is 11.9. The molecule has 0 spiro atoms. The second-order valence-electron chi connectivity index (χ2n) is 3.92. The van der Waals surface area contributed by atoms with Gasteiger partial charge in [-0.3, -0.25) is 4.79 Å². The fourth-order valence-corrected chi connectivity index (χ4v) is 4.05. The van der Waals surface area contributed by atoms with Crippen LogP contribution in [0.2, 0.25) is 0 Å². The molecule has 1 heterocycles. The number of nitrogens with two attached hydrogens (primary N) is 1. The van der Waals surface area contributed by atoms with Crippen LogP contribution in [0.25, 0.3) is 0 Å². The Morgan fingerprint density at radius 1 is 1.20 bits per heavy atom. The third-order valence-electron chi connectivity index (χ3n) is 2.68. The van der Waals surface area contributed by atoms with Gasteiger partial charge in [-0.15, -0.1) is 0 Å². The maximum absolute atomic E-state index is 11.9. The minimum absolute atomic E-state index is 0.278. The first-order valence-electron chi connectivity index (χ1n) is 5.28. The lowest BCUT2D eigenvalue weighted by atomic mass is 10.1. The summed E-state index contributed by atoms with van der Waals surface area (Å²) in [6, 6.07) is 7.25. The average Bonchev–Trinajstić information content (AvgIpc) is 2.71. The smallest absolute Gasteiger partial charge is 0.211 e. The highest BCUT2D eigenvalue weighted by molar-refractivity contribution is 7.97. The maximum Gasteiger partial charge on any atom is 0.211 e. The largest absolute Gasteiger partial charge is 0.399 e. The summed E-state index contributed by atoms with van der Waals surface area (Å²) in [5, 5.41) is 0. The van der Waals surface area contributed by atoms with Crippen LogP contribution in [-0.4, -0.2) is 23.0 Å². The van der Waals surface area contributed by atoms with Crippen LogP contribution in [0, 0.1) is 0 Å². The molecule has 0 unspecified atom stereocenters. The van der Waals surface area contributed by atoms with Gasteiger partial charge >= 0.3 is 0 Å². The van der Waals surface area contributed by atoms with Gasteiger partial charge < -0.3 is 5.73 Å². The highest BCUT2D eigenvalue weighted by Crippen LogP contribution is 2.15. The van der Waals surface area contributed by atoms with E-state index >= 15 is 0 Å². The van der Waals surface area contributed by atoms with E-state index in [9.17, 15) is 4.79 Å². The molecule has 0 atom stereocenters. The second-order valence-corrected chi connectivity index (χ2v) is 6.25. The van der Waals surface area contributed by atoms with Gasteiger partial charge in [-0.2, -0.15) is 0 Å². The molecule has 0 aliphatic carbocycles. The molecule has 1 aromatic rings. The molecule has 1 aliphatic heterocycles. The second kappa shape index (κ2) is 4.71. The van der Waals surface area contributed by atoms with Crippen LogP contribution in [-0.2, 0) is 10.9 Å². The fourth-order valence-electron chi connectivity index (χ4n) is 1.80. The Hall–Kier alpha value is -0.960. The number of nitrogen functional groups attached to an aromatic ring is 1. The zero-order chi connectivity index (χ0) is 10.7. The first kappa shape index (κ1) is 10.6. The van der Waals surface area contributed by atoms with E-state index in [2.05, 4.69) is 0 Å². The molecular weight excluding hydrogens is 206 g/mol. The molecule has 2 N–H and O–H groups in total. The van der Waals surface area contributed by atoms with E-state index in [0.29, 0.717) is 10.9 Å². The molecule has 0 amide bonds. The molecule has 0 aromatic heterocycles. The molecule has 2 nitrogen and oxygen atoms in total. The molecule has 1 aliphatic rings. The van der Waals surface area contributed by atoms with Gasteiger partial charge in [-0.05, 0) is 48.0 Å². The van der Waals surface area contributed by atoms with Crippen molar-refractivity contribution in [3.63, 3.8) is 0 Å². The summed E-state index contributed by atoms with van der Waals surface area (Å²) >= 11 is 0. The van der Waals surface area contributed by atoms with Crippen LogP contribution >= 0.6 is 0 Å². The van der Waals surface area contributed by atoms with E-state index < -0.39 is 0 Å². The number of benzene rings is 1. The Kier molecular flexibility index (Phi) is 3.31. The van der Waals surface area contributed by atoms with Crippen molar-refractivity contribution in [1.82, 2.24) is 0 Å². The lowest BCUT2D eigenvalue weighted by Gasteiger charge is -2.01. The SMILES string of the molecule is Nc1ccc(C(=O)C[S+]2CCCC2)cc1. The van der Waals surface area contributed by atoms with Crippen molar-refractivity contribution < 1.29 is 4.79 Å². The summed E-state index contributed by atoms with van der Waals surface area (Å²) < 4.78 is 0. The van der Waals surface area contributed by atoms with Gasteiger partial charge in [0.2, 0.25) is 5.78 Å². The number of rotatable bonds is 3. The van der Waals surface area contributed by atoms with Gasteiger partial charge in [0.1, 0.15) is 11.5 Å². The lowest BCUT2D eigenvalue weighted by molar-refractivity contribution is 0.102. The van der Waals surface area contributed by atoms with Gasteiger partial charge in [0.05, 0.1) is 0 Å². The molecule has 1 fully saturated rings. The van der Waals surface area contributed by atoms with Crippen LogP contribution in [0.5, 0.6) is 0 Å². The number of Topliss-reactive ketones (excluding diaryl/α,β-unsaturated/α-hetero) is 1. The zero-order valence-corrected chi connectivity index (χ0v) is 9.56. The van der Waals surface area contributed by atoms with Gasteiger partial charge in [-0.25, -0.2) is 0 Å². The Bertz CT molecular complexity index is 341. The van der Waals surface area contributed by atoms with Crippen LogP contribution in [0.1, 0.15) is 23.2 Å². The molecular formula is C12H16NOS+. The van der Waals surface area contributed by atoms with E-state index in [1.54, 1.807) is 12.1 Å². The molecule has 0 bridgehead atoms. The standard InChI is InChI=1S/C12H15NOS/c13-11-5-3-10(4-6-11)12(14)9-15-7-1-2-8-15/h3-6H,1-2,7-9H2,(H-,13,14)/p+1. The van der Waals surface area contributed by atoms with Gasteiger partial charge in [0, 0.05) is 11.3 Å². The lowest BCUT2D eigenvalue weighted by Crippen LogP contribution is -2.17. The molecule has 1 saturated heterocycles. The average molecular weight is 222 g/mol. The van der Waals surface area contributed by atoms with Crippen molar-refractivity contribution in [1.29, 1.82) is 0 Å². The van der Waals surface area contributed by atoms with Gasteiger partial charge in [-0.1, -0.05) is 0 Å². The number of ketones is 1. The molecule has 3 heteroatoms. The first-order valence-corrected chi connectivity index (χ1v) is 7.02. The Morgan fingerprint density at radius 2 is 1.80 bits per heavy atom. The van der Waals surface area contributed by atoms with Crippen molar-refractivity contribution in [2.24, 2.45) is 0 Å². The van der Waals surface area contributed by atoms with Crippen molar-refractivity contribution in [2.75, 3.05) is 23.0 Å². The predicted molar refractivity (Wildman–Crippen MR) is 66.4 cm³/mol. The number of carbonyl (C=O) groups is 1. The van der Waals surface area contributed by atoms with E-state index in [0.717, 1.165) is 17.0 Å². The number of hydrogen-bond acceptors (Lipinski definition) is 2. The summed E-state index contributed by atoms with van der Waals surface area (Å²) in [6.07, 6.45) is 2.61. The van der Waals surface area contributed by atoms with Gasteiger partial charge in [0.15, 0.2) is 5.75 Å². The summed E-state index contributed by atoms with van der Waals surface area (Å²) in [5.74, 6) is 3.52. The normalized spacial score (nSPS) is 16.8. The Morgan fingerprint density at radius 3 is 2.40 bits per heavy atom. The molecule has 2 rings (SSSR count).